The molecular formula is C27H30N8O4. The molecule has 0 bridgehead atoms. The summed E-state index contributed by atoms with van der Waals surface area (Å²) in [7, 11) is 2.05. The van der Waals surface area contributed by atoms with Gasteiger partial charge in [-0.3, -0.25) is 19.3 Å². The molecule has 4 rings (SSSR count). The van der Waals surface area contributed by atoms with Gasteiger partial charge in [0, 0.05) is 31.7 Å². The molecule has 4 N–H and O–H groups in total. The van der Waals surface area contributed by atoms with E-state index in [0.29, 0.717) is 11.3 Å². The van der Waals surface area contributed by atoms with E-state index in [4.69, 9.17) is 10.5 Å². The quantitative estimate of drug-likeness (QED) is 0.217. The van der Waals surface area contributed by atoms with E-state index in [0.717, 1.165) is 26.2 Å². The molecule has 12 nitrogen and oxygen atoms in total. The molecule has 202 valence electrons. The Kier molecular flexibility index (Phi) is 9.27. The van der Waals surface area contributed by atoms with Crippen molar-refractivity contribution in [3.63, 3.8) is 0 Å². The number of amides is 2. The van der Waals surface area contributed by atoms with Gasteiger partial charge in [-0.1, -0.05) is 30.3 Å². The van der Waals surface area contributed by atoms with Gasteiger partial charge >= 0.3 is 5.97 Å². The topological polar surface area (TPSA) is 155 Å². The van der Waals surface area contributed by atoms with Crippen molar-refractivity contribution in [3.05, 3.63) is 72.3 Å². The molecule has 1 fully saturated rings. The highest BCUT2D eigenvalue weighted by atomic mass is 16.5. The Balaban J connectivity index is 1.32. The SMILES string of the molecule is CN1CCN(CC(=O)Oc2ccccc2/N=N/c2ccc(NC(=O)CNC(=O)c3ccccc3)nc2N)CC1. The average molecular weight is 531 g/mol. The summed E-state index contributed by atoms with van der Waals surface area (Å²) in [6.45, 7) is 3.37. The Bertz CT molecular complexity index is 1340. The molecule has 1 saturated heterocycles. The summed E-state index contributed by atoms with van der Waals surface area (Å²) in [6.07, 6.45) is 0. The maximum absolute atomic E-state index is 12.5. The minimum atomic E-state index is -0.465. The number of ether oxygens (including phenoxy) is 1. The molecule has 0 aliphatic carbocycles. The molecule has 3 aromatic rings. The van der Waals surface area contributed by atoms with E-state index in [2.05, 4.69) is 42.7 Å². The number of piperazine rings is 1. The fourth-order valence-corrected chi connectivity index (χ4v) is 3.74. The maximum atomic E-state index is 12.5. The van der Waals surface area contributed by atoms with Crippen LogP contribution in [0.5, 0.6) is 5.75 Å². The third-order valence-electron chi connectivity index (χ3n) is 5.92. The molecule has 0 atom stereocenters. The molecule has 1 aliphatic heterocycles. The number of pyridine rings is 1. The van der Waals surface area contributed by atoms with Gasteiger partial charge < -0.3 is 26.0 Å². The minimum absolute atomic E-state index is 0.0365. The van der Waals surface area contributed by atoms with Crippen LogP contribution in [0.2, 0.25) is 0 Å². The maximum Gasteiger partial charge on any atom is 0.325 e. The lowest BCUT2D eigenvalue weighted by Crippen LogP contribution is -2.46. The van der Waals surface area contributed by atoms with Gasteiger partial charge in [-0.25, -0.2) is 4.98 Å². The fourth-order valence-electron chi connectivity index (χ4n) is 3.74. The van der Waals surface area contributed by atoms with E-state index in [-0.39, 0.29) is 48.0 Å². The molecule has 1 aromatic heterocycles. The van der Waals surface area contributed by atoms with E-state index >= 15 is 0 Å². The van der Waals surface area contributed by atoms with Crippen LogP contribution in [0.1, 0.15) is 10.4 Å². The summed E-state index contributed by atoms with van der Waals surface area (Å²) in [6, 6.07) is 18.5. The van der Waals surface area contributed by atoms with Gasteiger partial charge in [0.05, 0.1) is 13.1 Å². The number of likely N-dealkylation sites (N-methyl/N-ethyl adjacent to an activating group) is 1. The summed E-state index contributed by atoms with van der Waals surface area (Å²) in [5.74, 6) is -0.679. The third kappa shape index (κ3) is 8.15. The van der Waals surface area contributed by atoms with Gasteiger partial charge in [0.15, 0.2) is 11.6 Å². The Morgan fingerprint density at radius 1 is 0.923 bits per heavy atom. The lowest BCUT2D eigenvalue weighted by Gasteiger charge is -2.31. The second-order valence-corrected chi connectivity index (χ2v) is 8.92. The number of nitrogen functional groups attached to an aromatic ring is 1. The van der Waals surface area contributed by atoms with Crippen molar-refractivity contribution in [2.45, 2.75) is 0 Å². The number of anilines is 2. The Morgan fingerprint density at radius 3 is 2.36 bits per heavy atom. The first-order valence-electron chi connectivity index (χ1n) is 12.4. The van der Waals surface area contributed by atoms with Crippen LogP contribution < -0.4 is 21.1 Å². The second kappa shape index (κ2) is 13.2. The number of aromatic nitrogens is 1. The van der Waals surface area contributed by atoms with Crippen molar-refractivity contribution >= 4 is 40.8 Å². The molecule has 1 aliphatic rings. The lowest BCUT2D eigenvalue weighted by molar-refractivity contribution is -0.136. The van der Waals surface area contributed by atoms with Crippen molar-refractivity contribution in [2.75, 3.05) is 57.4 Å². The normalized spacial score (nSPS) is 14.2. The van der Waals surface area contributed by atoms with Crippen LogP contribution in [0.4, 0.5) is 23.0 Å². The standard InChI is InChI=1S/C27H30N8O4/c1-34-13-15-35(16-14-34)18-25(37)39-22-10-6-5-9-20(22)32-33-21-11-12-23(31-26(21)28)30-24(36)17-29-27(38)19-7-3-2-4-8-19/h2-12H,13-18H2,1H3,(H,29,38)(H3,28,30,31,36)/b33-32+. The number of azo groups is 1. The molecule has 12 heteroatoms. The number of carbonyl (C=O) groups excluding carboxylic acids is 3. The molecule has 2 aromatic carbocycles. The molecule has 0 saturated carbocycles. The van der Waals surface area contributed by atoms with Crippen molar-refractivity contribution in [2.24, 2.45) is 10.2 Å². The Morgan fingerprint density at radius 2 is 1.62 bits per heavy atom. The highest BCUT2D eigenvalue weighted by Crippen LogP contribution is 2.30. The first-order valence-corrected chi connectivity index (χ1v) is 12.4. The van der Waals surface area contributed by atoms with Crippen LogP contribution in [0.25, 0.3) is 0 Å². The van der Waals surface area contributed by atoms with Crippen molar-refractivity contribution in [1.29, 1.82) is 0 Å². The van der Waals surface area contributed by atoms with Gasteiger partial charge in [-0.05, 0) is 43.4 Å². The fraction of sp³-hybridized carbons (Fsp3) is 0.259. The lowest BCUT2D eigenvalue weighted by atomic mass is 10.2. The van der Waals surface area contributed by atoms with Crippen LogP contribution in [-0.2, 0) is 9.59 Å². The van der Waals surface area contributed by atoms with Crippen LogP contribution in [0, 0.1) is 0 Å². The summed E-state index contributed by atoms with van der Waals surface area (Å²) in [5.41, 5.74) is 7.09. The van der Waals surface area contributed by atoms with Crippen LogP contribution in [-0.4, -0.2) is 78.9 Å². The zero-order chi connectivity index (χ0) is 27.6. The number of para-hydroxylation sites is 1. The number of esters is 1. The van der Waals surface area contributed by atoms with Gasteiger partial charge in [-0.2, -0.15) is 0 Å². The molecule has 0 unspecified atom stereocenters. The van der Waals surface area contributed by atoms with E-state index in [1.165, 1.54) is 6.07 Å². The van der Waals surface area contributed by atoms with Crippen molar-refractivity contribution in [1.82, 2.24) is 20.1 Å². The number of hydrogen-bond donors (Lipinski definition) is 3. The molecule has 0 spiro atoms. The Hall–Kier alpha value is -4.68. The van der Waals surface area contributed by atoms with Gasteiger partial charge in [0.1, 0.15) is 17.2 Å². The van der Waals surface area contributed by atoms with Crippen LogP contribution >= 0.6 is 0 Å². The highest BCUT2D eigenvalue weighted by Gasteiger charge is 2.18. The summed E-state index contributed by atoms with van der Waals surface area (Å²) >= 11 is 0. The largest absolute Gasteiger partial charge is 0.423 e. The van der Waals surface area contributed by atoms with Crippen molar-refractivity contribution in [3.8, 4) is 5.75 Å². The number of nitrogens with two attached hydrogens (primary N) is 1. The first-order chi connectivity index (χ1) is 18.9. The van der Waals surface area contributed by atoms with Crippen molar-refractivity contribution < 1.29 is 19.1 Å². The summed E-state index contributed by atoms with van der Waals surface area (Å²) in [5, 5.41) is 13.4. The molecule has 39 heavy (non-hydrogen) atoms. The van der Waals surface area contributed by atoms with Crippen LogP contribution in [0.15, 0.2) is 77.0 Å². The van der Waals surface area contributed by atoms with E-state index in [9.17, 15) is 14.4 Å². The zero-order valence-electron chi connectivity index (χ0n) is 21.5. The Labute approximate surface area is 225 Å². The van der Waals surface area contributed by atoms with E-state index in [1.807, 2.05) is 0 Å². The first kappa shape index (κ1) is 27.4. The predicted octanol–water partition coefficient (Wildman–Crippen LogP) is 2.60. The molecule has 2 heterocycles. The number of hydrogen-bond acceptors (Lipinski definition) is 10. The second-order valence-electron chi connectivity index (χ2n) is 8.92. The van der Waals surface area contributed by atoms with E-state index in [1.54, 1.807) is 60.7 Å². The molecule has 2 amide bonds. The predicted molar refractivity (Wildman–Crippen MR) is 146 cm³/mol. The molecule has 0 radical (unpaired) electrons. The average Bonchev–Trinajstić information content (AvgIpc) is 2.94. The van der Waals surface area contributed by atoms with Gasteiger partial charge in [0.25, 0.3) is 5.91 Å². The van der Waals surface area contributed by atoms with Gasteiger partial charge in [0.2, 0.25) is 5.91 Å². The van der Waals surface area contributed by atoms with Gasteiger partial charge in [-0.15, -0.1) is 10.2 Å². The molecular weight excluding hydrogens is 500 g/mol. The number of rotatable bonds is 9. The minimum Gasteiger partial charge on any atom is -0.423 e. The summed E-state index contributed by atoms with van der Waals surface area (Å²) in [4.78, 5) is 45.2. The van der Waals surface area contributed by atoms with Crippen LogP contribution in [0.3, 0.4) is 0 Å². The third-order valence-corrected chi connectivity index (χ3v) is 5.92. The monoisotopic (exact) mass is 530 g/mol. The summed E-state index contributed by atoms with van der Waals surface area (Å²) < 4.78 is 5.55. The zero-order valence-corrected chi connectivity index (χ0v) is 21.5. The number of nitrogens with one attached hydrogen (secondary N) is 2. The van der Waals surface area contributed by atoms with E-state index < -0.39 is 5.91 Å². The number of nitrogens with zero attached hydrogens (tertiary/aromatic N) is 5. The number of benzene rings is 2. The number of carbonyl (C=O) groups is 3. The smallest absolute Gasteiger partial charge is 0.325 e. The highest BCUT2D eigenvalue weighted by molar-refractivity contribution is 5.99.